The van der Waals surface area contributed by atoms with Crippen LogP contribution in [-0.4, -0.2) is 33.2 Å². The summed E-state index contributed by atoms with van der Waals surface area (Å²) in [4.78, 5) is 12.6. The summed E-state index contributed by atoms with van der Waals surface area (Å²) >= 11 is 1.37. The number of carbonyl (C=O) groups excluding carboxylic acids is 1. The van der Waals surface area contributed by atoms with Crippen molar-refractivity contribution in [2.24, 2.45) is 0 Å². The summed E-state index contributed by atoms with van der Waals surface area (Å²) in [6.45, 7) is 2.86. The highest BCUT2D eigenvalue weighted by molar-refractivity contribution is 7.99. The van der Waals surface area contributed by atoms with Gasteiger partial charge in [0, 0.05) is 11.3 Å². The summed E-state index contributed by atoms with van der Waals surface area (Å²) in [7, 11) is 0. The lowest BCUT2D eigenvalue weighted by Gasteiger charge is -2.11. The van der Waals surface area contributed by atoms with Gasteiger partial charge in [0.15, 0.2) is 22.5 Å². The number of rotatable bonds is 8. The number of nitrogens with one attached hydrogen (secondary N) is 1. The SMILES string of the molecule is CCc1cccc(NC(=O)CSc2nnc(-c3ccccc3)n2Cc2ccc3c(c2)OCO3)c1. The van der Waals surface area contributed by atoms with Gasteiger partial charge in [-0.3, -0.25) is 9.36 Å². The Labute approximate surface area is 202 Å². The third-order valence-corrected chi connectivity index (χ3v) is 6.44. The molecule has 2 heterocycles. The number of ether oxygens (including phenoxy) is 2. The van der Waals surface area contributed by atoms with Crippen molar-refractivity contribution in [2.75, 3.05) is 17.9 Å². The van der Waals surface area contributed by atoms with Crippen molar-refractivity contribution in [1.82, 2.24) is 14.8 Å². The standard InChI is InChI=1S/C26H24N4O3S/c1-2-18-7-6-10-21(13-18)27-24(31)16-34-26-29-28-25(20-8-4-3-5-9-20)30(26)15-19-11-12-22-23(14-19)33-17-32-22/h3-14H,2,15-17H2,1H3,(H,27,31). The van der Waals surface area contributed by atoms with Gasteiger partial charge in [0.2, 0.25) is 12.7 Å². The number of aryl methyl sites for hydroxylation is 1. The highest BCUT2D eigenvalue weighted by atomic mass is 32.2. The van der Waals surface area contributed by atoms with Crippen molar-refractivity contribution < 1.29 is 14.3 Å². The van der Waals surface area contributed by atoms with Crippen molar-refractivity contribution in [3.8, 4) is 22.9 Å². The van der Waals surface area contributed by atoms with Crippen LogP contribution in [0.4, 0.5) is 5.69 Å². The van der Waals surface area contributed by atoms with E-state index in [1.54, 1.807) is 0 Å². The van der Waals surface area contributed by atoms with Crippen LogP contribution in [0.1, 0.15) is 18.1 Å². The van der Waals surface area contributed by atoms with Crippen molar-refractivity contribution in [3.05, 3.63) is 83.9 Å². The lowest BCUT2D eigenvalue weighted by atomic mass is 10.1. The summed E-state index contributed by atoms with van der Waals surface area (Å²) < 4.78 is 13.0. The monoisotopic (exact) mass is 472 g/mol. The minimum atomic E-state index is -0.0860. The number of anilines is 1. The number of hydrogen-bond acceptors (Lipinski definition) is 6. The Morgan fingerprint density at radius 1 is 0.971 bits per heavy atom. The lowest BCUT2D eigenvalue weighted by molar-refractivity contribution is -0.113. The molecule has 4 aromatic rings. The fourth-order valence-electron chi connectivity index (χ4n) is 3.76. The van der Waals surface area contributed by atoms with Crippen LogP contribution < -0.4 is 14.8 Å². The number of thioether (sulfide) groups is 1. The van der Waals surface area contributed by atoms with E-state index in [1.807, 2.05) is 77.4 Å². The fourth-order valence-corrected chi connectivity index (χ4v) is 4.49. The van der Waals surface area contributed by atoms with Crippen molar-refractivity contribution >= 4 is 23.4 Å². The topological polar surface area (TPSA) is 78.3 Å². The maximum atomic E-state index is 12.6. The smallest absolute Gasteiger partial charge is 0.234 e. The molecule has 0 spiro atoms. The van der Waals surface area contributed by atoms with Gasteiger partial charge in [-0.25, -0.2) is 0 Å². The minimum Gasteiger partial charge on any atom is -0.454 e. The summed E-state index contributed by atoms with van der Waals surface area (Å²) in [5.74, 6) is 2.36. The van der Waals surface area contributed by atoms with Gasteiger partial charge in [0.25, 0.3) is 0 Å². The maximum absolute atomic E-state index is 12.6. The van der Waals surface area contributed by atoms with E-state index >= 15 is 0 Å². The van der Waals surface area contributed by atoms with Gasteiger partial charge < -0.3 is 14.8 Å². The van der Waals surface area contributed by atoms with Gasteiger partial charge in [-0.05, 0) is 41.8 Å². The van der Waals surface area contributed by atoms with E-state index in [-0.39, 0.29) is 18.5 Å². The largest absolute Gasteiger partial charge is 0.454 e. The summed E-state index contributed by atoms with van der Waals surface area (Å²) in [5, 5.41) is 12.5. The molecule has 1 amide bonds. The van der Waals surface area contributed by atoms with Crippen LogP contribution in [0.3, 0.4) is 0 Å². The van der Waals surface area contributed by atoms with E-state index < -0.39 is 0 Å². The highest BCUT2D eigenvalue weighted by Crippen LogP contribution is 2.33. The van der Waals surface area contributed by atoms with Crippen LogP contribution in [-0.2, 0) is 17.8 Å². The molecule has 3 aromatic carbocycles. The van der Waals surface area contributed by atoms with E-state index in [1.165, 1.54) is 17.3 Å². The zero-order valence-corrected chi connectivity index (χ0v) is 19.5. The Hall–Kier alpha value is -3.78. The molecule has 1 aromatic heterocycles. The first-order chi connectivity index (χ1) is 16.7. The molecule has 0 aliphatic carbocycles. The van der Waals surface area contributed by atoms with Gasteiger partial charge in [-0.1, -0.05) is 67.2 Å². The normalized spacial score (nSPS) is 12.0. The van der Waals surface area contributed by atoms with E-state index in [2.05, 4.69) is 22.4 Å². The molecule has 0 unspecified atom stereocenters. The fraction of sp³-hybridized carbons (Fsp3) is 0.192. The Morgan fingerprint density at radius 3 is 2.68 bits per heavy atom. The van der Waals surface area contributed by atoms with Crippen LogP contribution in [0.15, 0.2) is 78.0 Å². The van der Waals surface area contributed by atoms with Crippen LogP contribution >= 0.6 is 11.8 Å². The molecule has 1 aliphatic heterocycles. The number of hydrogen-bond donors (Lipinski definition) is 1. The molecule has 0 radical (unpaired) electrons. The zero-order valence-electron chi connectivity index (χ0n) is 18.7. The molecule has 1 N–H and O–H groups in total. The van der Waals surface area contributed by atoms with Crippen LogP contribution in [0, 0.1) is 0 Å². The first-order valence-electron chi connectivity index (χ1n) is 11.1. The van der Waals surface area contributed by atoms with E-state index in [0.717, 1.165) is 40.6 Å². The van der Waals surface area contributed by atoms with Crippen LogP contribution in [0.25, 0.3) is 11.4 Å². The molecule has 0 saturated carbocycles. The third kappa shape index (κ3) is 4.92. The molecule has 0 saturated heterocycles. The maximum Gasteiger partial charge on any atom is 0.234 e. The second-order valence-electron chi connectivity index (χ2n) is 7.84. The molecule has 0 bridgehead atoms. The molecule has 8 heteroatoms. The summed E-state index contributed by atoms with van der Waals surface area (Å²) in [6, 6.07) is 23.7. The van der Waals surface area contributed by atoms with Gasteiger partial charge >= 0.3 is 0 Å². The van der Waals surface area contributed by atoms with Gasteiger partial charge in [0.1, 0.15) is 0 Å². The Balaban J connectivity index is 1.36. The molecular formula is C26H24N4O3S. The van der Waals surface area contributed by atoms with Crippen molar-refractivity contribution in [1.29, 1.82) is 0 Å². The van der Waals surface area contributed by atoms with Gasteiger partial charge in [-0.2, -0.15) is 0 Å². The minimum absolute atomic E-state index is 0.0860. The van der Waals surface area contributed by atoms with Crippen LogP contribution in [0.5, 0.6) is 11.5 Å². The average molecular weight is 473 g/mol. The van der Waals surface area contributed by atoms with Crippen molar-refractivity contribution in [2.45, 2.75) is 25.0 Å². The number of aromatic nitrogens is 3. The lowest BCUT2D eigenvalue weighted by Crippen LogP contribution is -2.15. The Morgan fingerprint density at radius 2 is 1.82 bits per heavy atom. The second kappa shape index (κ2) is 10.0. The summed E-state index contributed by atoms with van der Waals surface area (Å²) in [6.07, 6.45) is 0.920. The van der Waals surface area contributed by atoms with E-state index in [0.29, 0.717) is 11.7 Å². The quantitative estimate of drug-likeness (QED) is 0.363. The van der Waals surface area contributed by atoms with Crippen LogP contribution in [0.2, 0.25) is 0 Å². The first-order valence-corrected chi connectivity index (χ1v) is 12.1. The average Bonchev–Trinajstić information content (AvgIpc) is 3.50. The molecule has 5 rings (SSSR count). The van der Waals surface area contributed by atoms with Gasteiger partial charge in [0.05, 0.1) is 12.3 Å². The molecule has 1 aliphatic rings. The number of amides is 1. The predicted molar refractivity (Wildman–Crippen MR) is 132 cm³/mol. The Kier molecular flexibility index (Phi) is 6.49. The number of benzene rings is 3. The van der Waals surface area contributed by atoms with E-state index in [9.17, 15) is 4.79 Å². The first kappa shape index (κ1) is 22.0. The van der Waals surface area contributed by atoms with E-state index in [4.69, 9.17) is 9.47 Å². The zero-order chi connectivity index (χ0) is 23.3. The molecule has 0 atom stereocenters. The second-order valence-corrected chi connectivity index (χ2v) is 8.78. The number of fused-ring (bicyclic) bond motifs is 1. The molecular weight excluding hydrogens is 448 g/mol. The van der Waals surface area contributed by atoms with Gasteiger partial charge in [-0.15, -0.1) is 10.2 Å². The highest BCUT2D eigenvalue weighted by Gasteiger charge is 2.18. The summed E-state index contributed by atoms with van der Waals surface area (Å²) in [5.41, 5.74) is 3.98. The van der Waals surface area contributed by atoms with Crippen molar-refractivity contribution in [3.63, 3.8) is 0 Å². The molecule has 34 heavy (non-hydrogen) atoms. The third-order valence-electron chi connectivity index (χ3n) is 5.48. The molecule has 7 nitrogen and oxygen atoms in total. The predicted octanol–water partition coefficient (Wildman–Crippen LogP) is 5.02. The molecule has 172 valence electrons. The number of nitrogens with zero attached hydrogens (tertiary/aromatic N) is 3. The number of carbonyl (C=O) groups is 1. The molecule has 0 fully saturated rings. The Bertz CT molecular complexity index is 1310.